The zero-order valence-electron chi connectivity index (χ0n) is 21.2. The molecule has 0 aromatic heterocycles. The highest BCUT2D eigenvalue weighted by atomic mass is 16.7. The maximum absolute atomic E-state index is 7.07. The molecule has 0 aromatic carbocycles. The molecule has 0 radical (unpaired) electrons. The van der Waals surface area contributed by atoms with Crippen molar-refractivity contribution in [1.82, 2.24) is 5.32 Å². The third-order valence-electron chi connectivity index (χ3n) is 12.4. The standard InChI is InChI=1S/C28H48N2O2/c1-16-14-28(31-5)25(30-15-16)17(2)24-23(32-28)13-22-20-7-6-18-12-19(29)8-10-26(18,3)21(20)9-11-27(22,24)4/h16-25,30H,6-15,29H2,1-5H3. The van der Waals surface area contributed by atoms with Crippen LogP contribution in [0.1, 0.15) is 85.5 Å². The van der Waals surface area contributed by atoms with Gasteiger partial charge in [0.05, 0.1) is 12.1 Å². The van der Waals surface area contributed by atoms with E-state index in [0.717, 1.165) is 36.6 Å². The number of piperidine rings is 1. The number of methoxy groups -OCH3 is 1. The van der Waals surface area contributed by atoms with Crippen LogP contribution in [0.4, 0.5) is 0 Å². The molecule has 182 valence electrons. The molecule has 13 unspecified atom stereocenters. The fourth-order valence-corrected chi connectivity index (χ4v) is 11.0. The first-order valence-electron chi connectivity index (χ1n) is 13.9. The van der Waals surface area contributed by atoms with Gasteiger partial charge in [0.25, 0.3) is 0 Å². The first-order chi connectivity index (χ1) is 15.2. The molecule has 13 atom stereocenters. The Morgan fingerprint density at radius 3 is 2.53 bits per heavy atom. The molecule has 2 saturated heterocycles. The van der Waals surface area contributed by atoms with Crippen molar-refractivity contribution in [3.8, 4) is 0 Å². The molecule has 0 spiro atoms. The van der Waals surface area contributed by atoms with E-state index < -0.39 is 5.79 Å². The highest BCUT2D eigenvalue weighted by molar-refractivity contribution is 5.16. The molecule has 0 aromatic rings. The Morgan fingerprint density at radius 2 is 1.75 bits per heavy atom. The summed E-state index contributed by atoms with van der Waals surface area (Å²) in [4.78, 5) is 0. The van der Waals surface area contributed by atoms with E-state index in [2.05, 4.69) is 33.0 Å². The normalized spacial score (nSPS) is 61.7. The predicted molar refractivity (Wildman–Crippen MR) is 128 cm³/mol. The molecule has 0 bridgehead atoms. The van der Waals surface area contributed by atoms with E-state index in [9.17, 15) is 0 Å². The fraction of sp³-hybridized carbons (Fsp3) is 1.00. The number of nitrogens with two attached hydrogens (primary N) is 1. The average Bonchev–Trinajstić information content (AvgIpc) is 3.06. The van der Waals surface area contributed by atoms with E-state index in [-0.39, 0.29) is 0 Å². The van der Waals surface area contributed by atoms with Crippen LogP contribution >= 0.6 is 0 Å². The molecule has 6 rings (SSSR count). The lowest BCUT2D eigenvalue weighted by molar-refractivity contribution is -0.322. The Hall–Kier alpha value is -0.160. The number of hydrogen-bond donors (Lipinski definition) is 2. The molecule has 32 heavy (non-hydrogen) atoms. The van der Waals surface area contributed by atoms with Crippen LogP contribution in [0.15, 0.2) is 0 Å². The molecule has 2 heterocycles. The molecular weight excluding hydrogens is 396 g/mol. The molecule has 4 nitrogen and oxygen atoms in total. The number of rotatable bonds is 1. The molecule has 4 aliphatic carbocycles. The van der Waals surface area contributed by atoms with Crippen LogP contribution < -0.4 is 11.1 Å². The predicted octanol–water partition coefficient (Wildman–Crippen LogP) is 4.96. The maximum Gasteiger partial charge on any atom is 0.184 e. The van der Waals surface area contributed by atoms with Gasteiger partial charge < -0.3 is 20.5 Å². The van der Waals surface area contributed by atoms with Crippen LogP contribution in [0.5, 0.6) is 0 Å². The van der Waals surface area contributed by atoms with E-state index >= 15 is 0 Å². The molecule has 3 N–H and O–H groups in total. The second-order valence-electron chi connectivity index (χ2n) is 13.7. The van der Waals surface area contributed by atoms with Crippen molar-refractivity contribution in [1.29, 1.82) is 0 Å². The number of fused-ring (bicyclic) bond motifs is 8. The summed E-state index contributed by atoms with van der Waals surface area (Å²) >= 11 is 0. The van der Waals surface area contributed by atoms with Gasteiger partial charge in [-0.15, -0.1) is 0 Å². The van der Waals surface area contributed by atoms with Gasteiger partial charge in [-0.3, -0.25) is 0 Å². The minimum atomic E-state index is -0.426. The van der Waals surface area contributed by atoms with E-state index in [1.165, 1.54) is 51.4 Å². The molecular formula is C28H48N2O2. The van der Waals surface area contributed by atoms with E-state index in [0.29, 0.717) is 46.8 Å². The van der Waals surface area contributed by atoms with Crippen molar-refractivity contribution < 1.29 is 9.47 Å². The Labute approximate surface area is 196 Å². The lowest BCUT2D eigenvalue weighted by Crippen LogP contribution is -2.69. The smallest absolute Gasteiger partial charge is 0.184 e. The van der Waals surface area contributed by atoms with E-state index in [1.807, 2.05) is 7.11 Å². The monoisotopic (exact) mass is 444 g/mol. The van der Waals surface area contributed by atoms with Crippen LogP contribution in [0.3, 0.4) is 0 Å². The van der Waals surface area contributed by atoms with Gasteiger partial charge in [0.2, 0.25) is 0 Å². The third-order valence-corrected chi connectivity index (χ3v) is 12.4. The topological polar surface area (TPSA) is 56.5 Å². The Balaban J connectivity index is 1.31. The molecule has 4 saturated carbocycles. The quantitative estimate of drug-likeness (QED) is 0.600. The summed E-state index contributed by atoms with van der Waals surface area (Å²) in [5, 5.41) is 3.88. The van der Waals surface area contributed by atoms with Gasteiger partial charge in [-0.1, -0.05) is 27.7 Å². The largest absolute Gasteiger partial charge is 0.352 e. The lowest BCUT2D eigenvalue weighted by Gasteiger charge is -2.62. The summed E-state index contributed by atoms with van der Waals surface area (Å²) in [6.07, 6.45) is 12.2. The second-order valence-corrected chi connectivity index (χ2v) is 13.7. The lowest BCUT2D eigenvalue weighted by atomic mass is 9.44. The van der Waals surface area contributed by atoms with Gasteiger partial charge >= 0.3 is 0 Å². The highest BCUT2D eigenvalue weighted by Gasteiger charge is 2.68. The molecule has 2 aliphatic heterocycles. The first kappa shape index (κ1) is 22.3. The number of nitrogens with one attached hydrogen (secondary N) is 1. The van der Waals surface area contributed by atoms with Crippen LogP contribution in [0.2, 0.25) is 0 Å². The number of ether oxygens (including phenoxy) is 2. The van der Waals surface area contributed by atoms with Crippen LogP contribution in [-0.4, -0.2) is 37.6 Å². The van der Waals surface area contributed by atoms with Gasteiger partial charge in [-0.05, 0) is 110 Å². The van der Waals surface area contributed by atoms with Crippen molar-refractivity contribution in [3.63, 3.8) is 0 Å². The van der Waals surface area contributed by atoms with Crippen molar-refractivity contribution in [2.45, 2.75) is 109 Å². The van der Waals surface area contributed by atoms with Crippen molar-refractivity contribution >= 4 is 0 Å². The minimum absolute atomic E-state index is 0.325. The molecule has 6 fully saturated rings. The summed E-state index contributed by atoms with van der Waals surface area (Å²) < 4.78 is 13.3. The Bertz CT molecular complexity index is 745. The first-order valence-corrected chi connectivity index (χ1v) is 13.9. The number of hydrogen-bond acceptors (Lipinski definition) is 4. The molecule has 6 aliphatic rings. The summed E-state index contributed by atoms with van der Waals surface area (Å²) in [7, 11) is 1.88. The SMILES string of the molecule is COC12CC(C)CNC1C(C)C1C(CC3C4CCC5CC(N)CCC5(C)C4CCC31C)O2. The van der Waals surface area contributed by atoms with Gasteiger partial charge in [0.1, 0.15) is 0 Å². The van der Waals surface area contributed by atoms with Gasteiger partial charge in [-0.25, -0.2) is 0 Å². The molecule has 0 amide bonds. The maximum atomic E-state index is 7.07. The highest BCUT2D eigenvalue weighted by Crippen LogP contribution is 2.70. The van der Waals surface area contributed by atoms with Crippen molar-refractivity contribution in [2.24, 2.45) is 58.0 Å². The van der Waals surface area contributed by atoms with Crippen molar-refractivity contribution in [2.75, 3.05) is 13.7 Å². The Kier molecular flexibility index (Phi) is 5.17. The van der Waals surface area contributed by atoms with E-state index in [4.69, 9.17) is 15.2 Å². The summed E-state index contributed by atoms with van der Waals surface area (Å²) in [6.45, 7) is 11.3. The van der Waals surface area contributed by atoms with Gasteiger partial charge in [0.15, 0.2) is 5.79 Å². The third kappa shape index (κ3) is 2.88. The zero-order valence-corrected chi connectivity index (χ0v) is 21.2. The summed E-state index contributed by atoms with van der Waals surface area (Å²) in [5.74, 6) is 4.91. The Morgan fingerprint density at radius 1 is 0.969 bits per heavy atom. The summed E-state index contributed by atoms with van der Waals surface area (Å²) in [6, 6.07) is 0.775. The van der Waals surface area contributed by atoms with Crippen molar-refractivity contribution in [3.05, 3.63) is 0 Å². The minimum Gasteiger partial charge on any atom is -0.352 e. The van der Waals surface area contributed by atoms with Crippen LogP contribution in [0, 0.1) is 52.3 Å². The van der Waals surface area contributed by atoms with Crippen LogP contribution in [-0.2, 0) is 9.47 Å². The second kappa shape index (κ2) is 7.42. The fourth-order valence-electron chi connectivity index (χ4n) is 11.0. The average molecular weight is 445 g/mol. The van der Waals surface area contributed by atoms with Crippen LogP contribution in [0.25, 0.3) is 0 Å². The van der Waals surface area contributed by atoms with Gasteiger partial charge in [-0.2, -0.15) is 0 Å². The van der Waals surface area contributed by atoms with E-state index in [1.54, 1.807) is 0 Å². The van der Waals surface area contributed by atoms with Gasteiger partial charge in [0, 0.05) is 19.6 Å². The molecule has 4 heteroatoms. The zero-order chi connectivity index (χ0) is 22.5. The summed E-state index contributed by atoms with van der Waals surface area (Å²) in [5.41, 5.74) is 7.38.